The average molecular weight is 662 g/mol. The first-order valence-electron chi connectivity index (χ1n) is 16.7. The standard InChI is InChI=1S/C18H22N2O2S.C17H21N3O2S/c21-23(22,18-8-4-7-14-11-19-10-9-17(14)18)20-12-15-5-2-1-3-6-16(15)13-20;21-23(22,17-6-3-5-13-10-18-9-7-15(13)17)20-11-14-4-1-2-8-19-16(14)12-20/h4,7-11,15-16H,1-3,5-6,12-13H2;3,5-7,9-10,14,16,19H,1-2,4,8,11-12H2. The van der Waals surface area contributed by atoms with Crippen LogP contribution in [0.2, 0.25) is 0 Å². The molecular formula is C35H43N5O4S2. The minimum Gasteiger partial charge on any atom is -0.312 e. The van der Waals surface area contributed by atoms with Gasteiger partial charge in [0.25, 0.3) is 0 Å². The van der Waals surface area contributed by atoms with Crippen LogP contribution in [0.4, 0.5) is 0 Å². The lowest BCUT2D eigenvalue weighted by atomic mass is 9.92. The SMILES string of the molecule is O=S(=O)(c1cccc2cnccc12)N1CC2CCCCCC2C1.O=S(=O)(c1cccc2cnccc12)N1CC2CCCCNC2C1. The highest BCUT2D eigenvalue weighted by Gasteiger charge is 2.41. The van der Waals surface area contributed by atoms with Crippen LogP contribution in [0.1, 0.15) is 51.4 Å². The highest BCUT2D eigenvalue weighted by molar-refractivity contribution is 7.89. The Morgan fingerprint density at radius 3 is 1.67 bits per heavy atom. The van der Waals surface area contributed by atoms with Gasteiger partial charge in [-0.15, -0.1) is 0 Å². The summed E-state index contributed by atoms with van der Waals surface area (Å²) < 4.78 is 56.1. The van der Waals surface area contributed by atoms with Gasteiger partial charge >= 0.3 is 0 Å². The molecule has 4 aromatic rings. The molecule has 46 heavy (non-hydrogen) atoms. The van der Waals surface area contributed by atoms with Crippen LogP contribution in [0.25, 0.3) is 21.5 Å². The van der Waals surface area contributed by atoms with Gasteiger partial charge in [-0.2, -0.15) is 8.61 Å². The van der Waals surface area contributed by atoms with Crippen LogP contribution in [-0.2, 0) is 20.0 Å². The van der Waals surface area contributed by atoms with Crippen molar-refractivity contribution in [2.24, 2.45) is 17.8 Å². The van der Waals surface area contributed by atoms with E-state index >= 15 is 0 Å². The van der Waals surface area contributed by atoms with Crippen molar-refractivity contribution in [1.82, 2.24) is 23.9 Å². The number of nitrogens with zero attached hydrogens (tertiary/aromatic N) is 4. The summed E-state index contributed by atoms with van der Waals surface area (Å²) in [6, 6.07) is 14.7. The summed E-state index contributed by atoms with van der Waals surface area (Å²) in [7, 11) is -6.90. The fourth-order valence-corrected chi connectivity index (χ4v) is 11.5. The van der Waals surface area contributed by atoms with Gasteiger partial charge in [0.1, 0.15) is 0 Å². The zero-order valence-corrected chi connectivity index (χ0v) is 27.8. The quantitative estimate of drug-likeness (QED) is 0.310. The summed E-state index contributed by atoms with van der Waals surface area (Å²) in [6.07, 6.45) is 16.4. The number of nitrogens with one attached hydrogen (secondary N) is 1. The maximum atomic E-state index is 13.2. The lowest BCUT2D eigenvalue weighted by Gasteiger charge is -2.18. The number of aromatic nitrogens is 2. The van der Waals surface area contributed by atoms with Gasteiger partial charge in [0.05, 0.1) is 9.79 Å². The van der Waals surface area contributed by atoms with E-state index in [4.69, 9.17) is 0 Å². The van der Waals surface area contributed by atoms with E-state index in [0.29, 0.717) is 59.8 Å². The van der Waals surface area contributed by atoms with Gasteiger partial charge in [-0.3, -0.25) is 9.97 Å². The molecule has 1 N–H and O–H groups in total. The lowest BCUT2D eigenvalue weighted by molar-refractivity contribution is 0.397. The van der Waals surface area contributed by atoms with Gasteiger partial charge < -0.3 is 5.32 Å². The van der Waals surface area contributed by atoms with Gasteiger partial charge in [-0.05, 0) is 74.2 Å². The molecule has 0 radical (unpaired) electrons. The monoisotopic (exact) mass is 661 g/mol. The Hall–Kier alpha value is -2.96. The molecule has 11 heteroatoms. The van der Waals surface area contributed by atoms with Crippen molar-refractivity contribution in [3.05, 3.63) is 73.3 Å². The third-order valence-corrected chi connectivity index (χ3v) is 14.3. The van der Waals surface area contributed by atoms with Crippen LogP contribution in [0.5, 0.6) is 0 Å². The summed E-state index contributed by atoms with van der Waals surface area (Å²) in [6.45, 7) is 3.58. The maximum absolute atomic E-state index is 13.2. The summed E-state index contributed by atoms with van der Waals surface area (Å²) >= 11 is 0. The summed E-state index contributed by atoms with van der Waals surface area (Å²) in [5.74, 6) is 1.52. The second-order valence-corrected chi connectivity index (χ2v) is 17.1. The third-order valence-electron chi connectivity index (χ3n) is 10.5. The van der Waals surface area contributed by atoms with Crippen LogP contribution >= 0.6 is 0 Å². The summed E-state index contributed by atoms with van der Waals surface area (Å²) in [5.41, 5.74) is 0. The first-order chi connectivity index (χ1) is 22.3. The highest BCUT2D eigenvalue weighted by Crippen LogP contribution is 2.38. The number of rotatable bonds is 4. The predicted octanol–water partition coefficient (Wildman–Crippen LogP) is 5.43. The number of pyridine rings is 2. The number of hydrogen-bond donors (Lipinski definition) is 1. The summed E-state index contributed by atoms with van der Waals surface area (Å²) in [5, 5.41) is 6.78. The first kappa shape index (κ1) is 31.6. The van der Waals surface area contributed by atoms with E-state index in [1.54, 1.807) is 63.7 Å². The van der Waals surface area contributed by atoms with Crippen molar-refractivity contribution in [2.45, 2.75) is 67.2 Å². The van der Waals surface area contributed by atoms with Gasteiger partial charge in [0, 0.05) is 78.6 Å². The normalized spacial score (nSPS) is 26.1. The molecule has 3 aliphatic heterocycles. The van der Waals surface area contributed by atoms with Gasteiger partial charge in [0.15, 0.2) is 0 Å². The van der Waals surface area contributed by atoms with Crippen molar-refractivity contribution in [2.75, 3.05) is 32.7 Å². The second kappa shape index (κ2) is 13.3. The van der Waals surface area contributed by atoms with Crippen molar-refractivity contribution >= 4 is 41.6 Å². The van der Waals surface area contributed by atoms with Crippen LogP contribution in [-0.4, -0.2) is 74.2 Å². The Morgan fingerprint density at radius 1 is 0.587 bits per heavy atom. The number of sulfonamides is 2. The fraction of sp³-hybridized carbons (Fsp3) is 0.486. The van der Waals surface area contributed by atoms with E-state index < -0.39 is 20.0 Å². The fourth-order valence-electron chi connectivity index (χ4n) is 8.02. The van der Waals surface area contributed by atoms with Crippen molar-refractivity contribution in [3.63, 3.8) is 0 Å². The minimum atomic E-state index is -3.47. The van der Waals surface area contributed by atoms with E-state index in [2.05, 4.69) is 15.3 Å². The first-order valence-corrected chi connectivity index (χ1v) is 19.6. The molecule has 0 amide bonds. The molecule has 4 unspecified atom stereocenters. The van der Waals surface area contributed by atoms with Gasteiger partial charge in [0.2, 0.25) is 20.0 Å². The molecule has 4 aliphatic rings. The smallest absolute Gasteiger partial charge is 0.243 e. The van der Waals surface area contributed by atoms with E-state index in [1.807, 2.05) is 18.2 Å². The van der Waals surface area contributed by atoms with Crippen LogP contribution in [0.3, 0.4) is 0 Å². The van der Waals surface area contributed by atoms with Crippen LogP contribution in [0.15, 0.2) is 83.1 Å². The molecular weight excluding hydrogens is 619 g/mol. The third kappa shape index (κ3) is 6.20. The molecule has 5 heterocycles. The van der Waals surface area contributed by atoms with E-state index in [9.17, 15) is 16.8 Å². The number of fused-ring (bicyclic) bond motifs is 4. The van der Waals surface area contributed by atoms with Crippen LogP contribution < -0.4 is 5.32 Å². The Morgan fingerprint density at radius 2 is 1.09 bits per heavy atom. The molecule has 0 spiro atoms. The largest absolute Gasteiger partial charge is 0.312 e. The maximum Gasteiger partial charge on any atom is 0.243 e. The van der Waals surface area contributed by atoms with Crippen molar-refractivity contribution in [3.8, 4) is 0 Å². The lowest BCUT2D eigenvalue weighted by Crippen LogP contribution is -2.36. The molecule has 3 saturated heterocycles. The highest BCUT2D eigenvalue weighted by atomic mass is 32.2. The van der Waals surface area contributed by atoms with Crippen LogP contribution in [0, 0.1) is 17.8 Å². The van der Waals surface area contributed by atoms with Crippen molar-refractivity contribution < 1.29 is 16.8 Å². The van der Waals surface area contributed by atoms with E-state index in [1.165, 1.54) is 44.9 Å². The van der Waals surface area contributed by atoms with Crippen molar-refractivity contribution in [1.29, 1.82) is 0 Å². The second-order valence-electron chi connectivity index (χ2n) is 13.3. The molecule has 4 fully saturated rings. The predicted molar refractivity (Wildman–Crippen MR) is 180 cm³/mol. The zero-order valence-electron chi connectivity index (χ0n) is 26.2. The Bertz CT molecular complexity index is 1740. The van der Waals surface area contributed by atoms with E-state index in [0.717, 1.165) is 34.5 Å². The molecule has 9 nitrogen and oxygen atoms in total. The van der Waals surface area contributed by atoms with Gasteiger partial charge in [-0.25, -0.2) is 16.8 Å². The zero-order chi connectivity index (χ0) is 31.7. The topological polar surface area (TPSA) is 113 Å². The Kier molecular flexibility index (Phi) is 9.13. The molecule has 8 rings (SSSR count). The average Bonchev–Trinajstić information content (AvgIpc) is 3.54. The summed E-state index contributed by atoms with van der Waals surface area (Å²) in [4.78, 5) is 9.00. The molecule has 2 aromatic heterocycles. The number of benzene rings is 2. The Labute approximate surface area is 272 Å². The minimum absolute atomic E-state index is 0.295. The Balaban J connectivity index is 0.000000147. The molecule has 2 aromatic carbocycles. The number of hydrogen-bond acceptors (Lipinski definition) is 7. The molecule has 1 saturated carbocycles. The molecule has 4 atom stereocenters. The van der Waals surface area contributed by atoms with Gasteiger partial charge in [-0.1, -0.05) is 49.9 Å². The molecule has 1 aliphatic carbocycles. The molecule has 244 valence electrons. The van der Waals surface area contributed by atoms with E-state index in [-0.39, 0.29) is 0 Å². The molecule has 0 bridgehead atoms.